The van der Waals surface area contributed by atoms with Crippen molar-refractivity contribution in [3.8, 4) is 0 Å². The summed E-state index contributed by atoms with van der Waals surface area (Å²) in [5, 5.41) is 11.8. The van der Waals surface area contributed by atoms with Gasteiger partial charge in [-0.25, -0.2) is 8.78 Å². The third kappa shape index (κ3) is 3.97. The molecule has 1 N–H and O–H groups in total. The Morgan fingerprint density at radius 2 is 1.90 bits per heavy atom. The van der Waals surface area contributed by atoms with Gasteiger partial charge in [0.2, 0.25) is 0 Å². The van der Waals surface area contributed by atoms with Gasteiger partial charge in [0.15, 0.2) is 18.2 Å². The van der Waals surface area contributed by atoms with E-state index in [0.717, 1.165) is 30.9 Å². The molecule has 6 rings (SSSR count). The molecule has 1 aromatic rings. The first-order chi connectivity index (χ1) is 18.9. The molecule has 8 heteroatoms. The minimum atomic E-state index is -0.861. The molecule has 214 valence electrons. The highest BCUT2D eigenvalue weighted by Gasteiger charge is 2.73. The van der Waals surface area contributed by atoms with Crippen LogP contribution in [0.15, 0.2) is 42.0 Å². The van der Waals surface area contributed by atoms with Crippen LogP contribution in [-0.2, 0) is 25.7 Å². The zero-order valence-electron chi connectivity index (χ0n) is 23.3. The van der Waals surface area contributed by atoms with Gasteiger partial charge < -0.3 is 9.84 Å². The van der Waals surface area contributed by atoms with Gasteiger partial charge in [0.05, 0.1) is 11.5 Å². The number of hydrogen-bond acceptors (Lipinski definition) is 6. The summed E-state index contributed by atoms with van der Waals surface area (Å²) in [5.41, 5.74) is -0.235. The van der Waals surface area contributed by atoms with Crippen molar-refractivity contribution in [3.63, 3.8) is 0 Å². The number of carbonyl (C=O) groups excluding carboxylic acids is 3. The summed E-state index contributed by atoms with van der Waals surface area (Å²) in [5.74, 6) is -1.69. The number of Topliss-reactive ketones (excluding diaryl/α,β-unsaturated/α-hetero) is 1. The molecule has 8 atom stereocenters. The van der Waals surface area contributed by atoms with Gasteiger partial charge in [-0.3, -0.25) is 19.3 Å². The number of aliphatic hydroxyl groups excluding tert-OH is 1. The SMILES string of the molecule is CC(=O)OCC(=O)C12CN(Cc3cc(F)cc(F)c3)CC1CC1C3CCC4=CC(=O)C=CC4(C)C3C(O)CC12C. The lowest BCUT2D eigenvalue weighted by Gasteiger charge is -2.60. The first-order valence-electron chi connectivity index (χ1n) is 14.3. The number of halogens is 2. The molecule has 0 bridgehead atoms. The predicted octanol–water partition coefficient (Wildman–Crippen LogP) is 4.40. The van der Waals surface area contributed by atoms with E-state index < -0.39 is 40.0 Å². The lowest BCUT2D eigenvalue weighted by Crippen LogP contribution is -2.60. The second-order valence-electron chi connectivity index (χ2n) is 13.3. The van der Waals surface area contributed by atoms with Gasteiger partial charge in [0, 0.05) is 44.0 Å². The van der Waals surface area contributed by atoms with Gasteiger partial charge in [-0.15, -0.1) is 0 Å². The van der Waals surface area contributed by atoms with E-state index in [-0.39, 0.29) is 41.8 Å². The second kappa shape index (κ2) is 9.41. The maximum atomic E-state index is 14.2. The number of benzene rings is 1. The summed E-state index contributed by atoms with van der Waals surface area (Å²) >= 11 is 0. The highest BCUT2D eigenvalue weighted by Crippen LogP contribution is 2.72. The predicted molar refractivity (Wildman–Crippen MR) is 143 cm³/mol. The standard InChI is InChI=1S/C32H37F2NO5/c1-18(36)40-16-28(39)32-17-35(14-19-8-22(33)12-23(34)9-19)15-21(32)11-26-25-5-4-20-10-24(37)6-7-30(20,2)29(25)27(38)13-31(26,32)3/h6-10,12,21,25-27,29,38H,4-5,11,13-17H2,1-3H3. The minimum Gasteiger partial charge on any atom is -0.458 e. The fraction of sp³-hybridized carbons (Fsp3) is 0.594. The highest BCUT2D eigenvalue weighted by molar-refractivity contribution is 6.01. The molecule has 6 nitrogen and oxygen atoms in total. The molecule has 1 aromatic carbocycles. The molecule has 0 spiro atoms. The lowest BCUT2D eigenvalue weighted by molar-refractivity contribution is -0.164. The molecule has 1 heterocycles. The number of ketones is 2. The summed E-state index contributed by atoms with van der Waals surface area (Å²) in [6.45, 7) is 6.48. The molecule has 5 aliphatic rings. The fourth-order valence-corrected chi connectivity index (χ4v) is 9.87. The number of esters is 1. The summed E-state index contributed by atoms with van der Waals surface area (Å²) < 4.78 is 33.1. The number of aliphatic hydroxyl groups is 1. The summed E-state index contributed by atoms with van der Waals surface area (Å²) in [6.07, 6.45) is 7.49. The molecule has 3 saturated carbocycles. The molecule has 1 saturated heterocycles. The van der Waals surface area contributed by atoms with Gasteiger partial charge in [0.25, 0.3) is 0 Å². The molecule has 4 fully saturated rings. The smallest absolute Gasteiger partial charge is 0.303 e. The minimum absolute atomic E-state index is 0.00949. The van der Waals surface area contributed by atoms with E-state index in [1.54, 1.807) is 12.2 Å². The van der Waals surface area contributed by atoms with Crippen LogP contribution in [0.3, 0.4) is 0 Å². The summed E-state index contributed by atoms with van der Waals surface area (Å²) in [7, 11) is 0. The van der Waals surface area contributed by atoms with E-state index in [2.05, 4.69) is 18.7 Å². The number of likely N-dealkylation sites (tertiary alicyclic amines) is 1. The molecule has 8 unspecified atom stereocenters. The van der Waals surface area contributed by atoms with Crippen molar-refractivity contribution in [2.45, 2.75) is 59.1 Å². The first-order valence-corrected chi connectivity index (χ1v) is 14.3. The average Bonchev–Trinajstić information content (AvgIpc) is 3.34. The normalized spacial score (nSPS) is 40.1. The Bertz CT molecular complexity index is 1320. The molecule has 4 aliphatic carbocycles. The van der Waals surface area contributed by atoms with Crippen LogP contribution in [0, 0.1) is 51.6 Å². The van der Waals surface area contributed by atoms with Crippen LogP contribution < -0.4 is 0 Å². The van der Waals surface area contributed by atoms with E-state index in [1.807, 2.05) is 6.08 Å². The number of rotatable bonds is 5. The zero-order chi connectivity index (χ0) is 28.6. The summed E-state index contributed by atoms with van der Waals surface area (Å²) in [4.78, 5) is 40.1. The van der Waals surface area contributed by atoms with Crippen LogP contribution in [-0.4, -0.2) is 53.3 Å². The topological polar surface area (TPSA) is 83.9 Å². The number of nitrogens with zero attached hydrogens (tertiary/aromatic N) is 1. The van der Waals surface area contributed by atoms with Crippen LogP contribution in [0.4, 0.5) is 8.78 Å². The van der Waals surface area contributed by atoms with Crippen molar-refractivity contribution in [3.05, 3.63) is 59.2 Å². The third-order valence-corrected chi connectivity index (χ3v) is 11.3. The monoisotopic (exact) mass is 553 g/mol. The number of ether oxygens (including phenoxy) is 1. The molecular weight excluding hydrogens is 516 g/mol. The molecular formula is C32H37F2NO5. The van der Waals surface area contributed by atoms with Gasteiger partial charge in [-0.05, 0) is 78.7 Å². The van der Waals surface area contributed by atoms with Crippen LogP contribution >= 0.6 is 0 Å². The quantitative estimate of drug-likeness (QED) is 0.545. The van der Waals surface area contributed by atoms with Gasteiger partial charge in [-0.1, -0.05) is 25.5 Å². The van der Waals surface area contributed by atoms with Gasteiger partial charge in [-0.2, -0.15) is 0 Å². The molecule has 0 amide bonds. The van der Waals surface area contributed by atoms with Crippen molar-refractivity contribution in [2.75, 3.05) is 19.7 Å². The van der Waals surface area contributed by atoms with Gasteiger partial charge in [0.1, 0.15) is 11.6 Å². The molecule has 0 radical (unpaired) electrons. The Morgan fingerprint density at radius 1 is 1.18 bits per heavy atom. The maximum absolute atomic E-state index is 14.2. The number of fused-ring (bicyclic) bond motifs is 7. The van der Waals surface area contributed by atoms with E-state index >= 15 is 0 Å². The average molecular weight is 554 g/mol. The van der Waals surface area contributed by atoms with E-state index in [1.165, 1.54) is 19.1 Å². The van der Waals surface area contributed by atoms with Crippen molar-refractivity contribution < 1.29 is 33.0 Å². The fourth-order valence-electron chi connectivity index (χ4n) is 9.87. The van der Waals surface area contributed by atoms with Crippen LogP contribution in [0.25, 0.3) is 0 Å². The first kappa shape index (κ1) is 27.5. The Balaban J connectivity index is 1.36. The summed E-state index contributed by atoms with van der Waals surface area (Å²) in [6, 6.07) is 3.49. The van der Waals surface area contributed by atoms with E-state index in [0.29, 0.717) is 31.6 Å². The van der Waals surface area contributed by atoms with Crippen LogP contribution in [0.5, 0.6) is 0 Å². The Kier molecular flexibility index (Phi) is 6.46. The molecule has 0 aromatic heterocycles. The van der Waals surface area contributed by atoms with Crippen molar-refractivity contribution in [1.29, 1.82) is 0 Å². The Hall–Kier alpha value is -2.71. The number of carbonyl (C=O) groups is 3. The molecule has 1 aliphatic heterocycles. The van der Waals surface area contributed by atoms with E-state index in [9.17, 15) is 28.3 Å². The molecule has 40 heavy (non-hydrogen) atoms. The second-order valence-corrected chi connectivity index (χ2v) is 13.3. The van der Waals surface area contributed by atoms with Gasteiger partial charge >= 0.3 is 5.97 Å². The van der Waals surface area contributed by atoms with Crippen molar-refractivity contribution in [1.82, 2.24) is 4.90 Å². The number of hydrogen-bond donors (Lipinski definition) is 1. The Morgan fingerprint density at radius 3 is 2.60 bits per heavy atom. The Labute approximate surface area is 233 Å². The van der Waals surface area contributed by atoms with E-state index in [4.69, 9.17) is 4.74 Å². The number of allylic oxidation sites excluding steroid dienone is 4. The maximum Gasteiger partial charge on any atom is 0.303 e. The van der Waals surface area contributed by atoms with Crippen LogP contribution in [0.1, 0.15) is 52.0 Å². The highest BCUT2D eigenvalue weighted by atomic mass is 19.1. The lowest BCUT2D eigenvalue weighted by atomic mass is 9.44. The third-order valence-electron chi connectivity index (χ3n) is 11.3. The van der Waals surface area contributed by atoms with Crippen LogP contribution in [0.2, 0.25) is 0 Å². The zero-order valence-corrected chi connectivity index (χ0v) is 23.3. The largest absolute Gasteiger partial charge is 0.458 e. The van der Waals surface area contributed by atoms with Crippen molar-refractivity contribution in [2.24, 2.45) is 39.9 Å². The van der Waals surface area contributed by atoms with Crippen molar-refractivity contribution >= 4 is 17.5 Å².